The summed E-state index contributed by atoms with van der Waals surface area (Å²) in [5.74, 6) is -1.45. The van der Waals surface area contributed by atoms with E-state index in [1.165, 1.54) is 6.07 Å². The number of para-hydroxylation sites is 1. The summed E-state index contributed by atoms with van der Waals surface area (Å²) in [6.07, 6.45) is 0.575. The lowest BCUT2D eigenvalue weighted by atomic mass is 10.1. The summed E-state index contributed by atoms with van der Waals surface area (Å²) in [6, 6.07) is 18.0. The van der Waals surface area contributed by atoms with E-state index in [1.54, 1.807) is 24.3 Å². The summed E-state index contributed by atoms with van der Waals surface area (Å²) in [6.45, 7) is 3.80. The molecule has 2 aromatic carbocycles. The van der Waals surface area contributed by atoms with E-state index in [0.717, 1.165) is 17.1 Å². The molecule has 148 valence electrons. The van der Waals surface area contributed by atoms with Crippen LogP contribution in [0.3, 0.4) is 0 Å². The SMILES string of the molecule is Cc1cc(C(=O)NNC(=O)C2CC2c2ccccc2F)c(C)n1-c1ccccc1. The fraction of sp³-hybridized carbons (Fsp3) is 0.217. The highest BCUT2D eigenvalue weighted by Crippen LogP contribution is 2.48. The maximum Gasteiger partial charge on any atom is 0.271 e. The molecule has 1 aromatic heterocycles. The lowest BCUT2D eigenvalue weighted by Crippen LogP contribution is -2.42. The van der Waals surface area contributed by atoms with E-state index >= 15 is 0 Å². The van der Waals surface area contributed by atoms with Crippen LogP contribution in [0.25, 0.3) is 5.69 Å². The molecule has 5 nitrogen and oxygen atoms in total. The zero-order valence-corrected chi connectivity index (χ0v) is 16.3. The third kappa shape index (κ3) is 3.66. The van der Waals surface area contributed by atoms with Crippen LogP contribution in [0.15, 0.2) is 60.7 Å². The lowest BCUT2D eigenvalue weighted by Gasteiger charge is -2.10. The maximum atomic E-state index is 13.9. The average Bonchev–Trinajstić information content (AvgIpc) is 3.46. The van der Waals surface area contributed by atoms with Crippen LogP contribution >= 0.6 is 0 Å². The number of hydrogen-bond acceptors (Lipinski definition) is 2. The molecule has 0 aliphatic heterocycles. The van der Waals surface area contributed by atoms with E-state index in [9.17, 15) is 14.0 Å². The van der Waals surface area contributed by atoms with Crippen molar-refractivity contribution in [3.8, 4) is 5.69 Å². The summed E-state index contributed by atoms with van der Waals surface area (Å²) < 4.78 is 15.9. The van der Waals surface area contributed by atoms with E-state index in [0.29, 0.717) is 17.5 Å². The molecule has 1 aliphatic rings. The molecular weight excluding hydrogens is 369 g/mol. The highest BCUT2D eigenvalue weighted by molar-refractivity contribution is 5.97. The number of nitrogens with zero attached hydrogens (tertiary/aromatic N) is 1. The van der Waals surface area contributed by atoms with Crippen LogP contribution in [0.4, 0.5) is 4.39 Å². The molecule has 0 saturated heterocycles. The number of aryl methyl sites for hydroxylation is 1. The van der Waals surface area contributed by atoms with Crippen LogP contribution in [0.5, 0.6) is 0 Å². The summed E-state index contributed by atoms with van der Waals surface area (Å²) >= 11 is 0. The molecule has 29 heavy (non-hydrogen) atoms. The quantitative estimate of drug-likeness (QED) is 0.665. The van der Waals surface area contributed by atoms with Gasteiger partial charge < -0.3 is 4.57 Å². The van der Waals surface area contributed by atoms with Gasteiger partial charge >= 0.3 is 0 Å². The molecule has 2 amide bonds. The average molecular weight is 391 g/mol. The van der Waals surface area contributed by atoms with Gasteiger partial charge in [0.15, 0.2) is 0 Å². The number of nitrogens with one attached hydrogen (secondary N) is 2. The number of hydrazine groups is 1. The van der Waals surface area contributed by atoms with E-state index in [-0.39, 0.29) is 29.5 Å². The maximum absolute atomic E-state index is 13.9. The van der Waals surface area contributed by atoms with Gasteiger partial charge in [0.2, 0.25) is 5.91 Å². The third-order valence-corrected chi connectivity index (χ3v) is 5.42. The highest BCUT2D eigenvalue weighted by atomic mass is 19.1. The Hall–Kier alpha value is -3.41. The van der Waals surface area contributed by atoms with Crippen molar-refractivity contribution in [1.82, 2.24) is 15.4 Å². The third-order valence-electron chi connectivity index (χ3n) is 5.42. The van der Waals surface area contributed by atoms with Crippen molar-refractivity contribution < 1.29 is 14.0 Å². The Kier molecular flexibility index (Phi) is 4.92. The fourth-order valence-electron chi connectivity index (χ4n) is 3.85. The van der Waals surface area contributed by atoms with Gasteiger partial charge in [0.1, 0.15) is 5.82 Å². The van der Waals surface area contributed by atoms with E-state index in [4.69, 9.17) is 0 Å². The van der Waals surface area contributed by atoms with Crippen molar-refractivity contribution >= 4 is 11.8 Å². The van der Waals surface area contributed by atoms with Crippen molar-refractivity contribution in [1.29, 1.82) is 0 Å². The first-order chi connectivity index (χ1) is 14.0. The normalized spacial score (nSPS) is 17.6. The van der Waals surface area contributed by atoms with Crippen molar-refractivity contribution in [2.75, 3.05) is 0 Å². The predicted molar refractivity (Wildman–Crippen MR) is 108 cm³/mol. The van der Waals surface area contributed by atoms with Gasteiger partial charge in [-0.2, -0.15) is 0 Å². The molecule has 1 heterocycles. The number of benzene rings is 2. The number of aromatic nitrogens is 1. The van der Waals surface area contributed by atoms with Crippen LogP contribution < -0.4 is 10.9 Å². The van der Waals surface area contributed by atoms with E-state index < -0.39 is 0 Å². The minimum atomic E-state index is -0.378. The molecule has 6 heteroatoms. The predicted octanol–water partition coefficient (Wildman–Crippen LogP) is 3.80. The van der Waals surface area contributed by atoms with Gasteiger partial charge in [-0.1, -0.05) is 36.4 Å². The second-order valence-corrected chi connectivity index (χ2v) is 7.37. The smallest absolute Gasteiger partial charge is 0.271 e. The molecule has 0 spiro atoms. The van der Waals surface area contributed by atoms with Gasteiger partial charge in [0.25, 0.3) is 5.91 Å². The van der Waals surface area contributed by atoms with Crippen molar-refractivity contribution in [3.05, 3.63) is 89.0 Å². The van der Waals surface area contributed by atoms with Crippen LogP contribution in [-0.2, 0) is 4.79 Å². The summed E-state index contributed by atoms with van der Waals surface area (Å²) in [7, 11) is 0. The molecule has 1 saturated carbocycles. The van der Waals surface area contributed by atoms with E-state index in [1.807, 2.05) is 48.7 Å². The first kappa shape index (κ1) is 18.9. The minimum absolute atomic E-state index is 0.142. The van der Waals surface area contributed by atoms with Crippen molar-refractivity contribution in [2.24, 2.45) is 5.92 Å². The Bertz CT molecular complexity index is 1070. The number of carbonyl (C=O) groups is 2. The summed E-state index contributed by atoms with van der Waals surface area (Å²) in [5, 5.41) is 0. The number of hydrogen-bond donors (Lipinski definition) is 2. The first-order valence-corrected chi connectivity index (χ1v) is 9.56. The first-order valence-electron chi connectivity index (χ1n) is 9.56. The largest absolute Gasteiger partial charge is 0.318 e. The lowest BCUT2D eigenvalue weighted by molar-refractivity contribution is -0.123. The standard InChI is InChI=1S/C23H22FN3O2/c1-14-12-18(15(2)27(14)16-8-4-3-5-9-16)22(28)25-26-23(29)20-13-19(20)17-10-6-7-11-21(17)24/h3-12,19-20H,13H2,1-2H3,(H,25,28)(H,26,29). The van der Waals surface area contributed by atoms with Gasteiger partial charge in [-0.05, 0) is 56.0 Å². The summed E-state index contributed by atoms with van der Waals surface area (Å²) in [4.78, 5) is 25.0. The zero-order chi connectivity index (χ0) is 20.5. The van der Waals surface area contributed by atoms with Crippen LogP contribution in [0, 0.1) is 25.6 Å². The van der Waals surface area contributed by atoms with Crippen molar-refractivity contribution in [2.45, 2.75) is 26.2 Å². The molecule has 2 unspecified atom stereocenters. The number of amides is 2. The topological polar surface area (TPSA) is 63.1 Å². The molecule has 1 aliphatic carbocycles. The van der Waals surface area contributed by atoms with Gasteiger partial charge in [-0.25, -0.2) is 4.39 Å². The fourth-order valence-corrected chi connectivity index (χ4v) is 3.85. The number of halogens is 1. The molecule has 0 bridgehead atoms. The Morgan fingerprint density at radius 1 is 1.00 bits per heavy atom. The second kappa shape index (κ2) is 7.54. The molecule has 1 fully saturated rings. The molecule has 2 N–H and O–H groups in total. The number of rotatable bonds is 4. The molecule has 2 atom stereocenters. The Morgan fingerprint density at radius 2 is 1.69 bits per heavy atom. The number of carbonyl (C=O) groups excluding carboxylic acids is 2. The van der Waals surface area contributed by atoms with E-state index in [2.05, 4.69) is 10.9 Å². The van der Waals surface area contributed by atoms with Crippen LogP contribution in [-0.4, -0.2) is 16.4 Å². The summed E-state index contributed by atoms with van der Waals surface area (Å²) in [5.41, 5.74) is 8.70. The van der Waals surface area contributed by atoms with Gasteiger partial charge in [-0.15, -0.1) is 0 Å². The second-order valence-electron chi connectivity index (χ2n) is 7.37. The van der Waals surface area contributed by atoms with Gasteiger partial charge in [0, 0.05) is 23.0 Å². The zero-order valence-electron chi connectivity index (χ0n) is 16.3. The Balaban J connectivity index is 1.41. The van der Waals surface area contributed by atoms with Crippen LogP contribution in [0.1, 0.15) is 39.6 Å². The molecule has 0 radical (unpaired) electrons. The van der Waals surface area contributed by atoms with Gasteiger partial charge in [-0.3, -0.25) is 20.4 Å². The van der Waals surface area contributed by atoms with Crippen LogP contribution in [0.2, 0.25) is 0 Å². The monoisotopic (exact) mass is 391 g/mol. The molecular formula is C23H22FN3O2. The van der Waals surface area contributed by atoms with Crippen molar-refractivity contribution in [3.63, 3.8) is 0 Å². The van der Waals surface area contributed by atoms with Gasteiger partial charge in [0.05, 0.1) is 5.56 Å². The molecule has 4 rings (SSSR count). The minimum Gasteiger partial charge on any atom is -0.318 e. The molecule has 3 aromatic rings. The Morgan fingerprint density at radius 3 is 2.41 bits per heavy atom. The highest BCUT2D eigenvalue weighted by Gasteiger charge is 2.45. The Labute approximate surface area is 168 Å².